The van der Waals surface area contributed by atoms with E-state index in [0.717, 1.165) is 5.76 Å². The molecule has 1 aliphatic rings. The molecule has 0 aromatic heterocycles. The van der Waals surface area contributed by atoms with Crippen LogP contribution >= 0.6 is 0 Å². The van der Waals surface area contributed by atoms with Gasteiger partial charge in [-0.25, -0.2) is 0 Å². The third-order valence-electron chi connectivity index (χ3n) is 1.72. The van der Waals surface area contributed by atoms with E-state index < -0.39 is 7.12 Å². The standard InChI is InChI=1S/C7H11BO3/c1-11-7-4-2-6(3-5-7)8(9)10/h2,4-6,9-10H,3H2,1H3. The highest BCUT2D eigenvalue weighted by Gasteiger charge is 2.21. The lowest BCUT2D eigenvalue weighted by molar-refractivity contribution is 0.302. The molecule has 0 radical (unpaired) electrons. The van der Waals surface area contributed by atoms with Crippen molar-refractivity contribution in [3.63, 3.8) is 0 Å². The highest BCUT2D eigenvalue weighted by molar-refractivity contribution is 6.44. The molecule has 0 saturated carbocycles. The minimum absolute atomic E-state index is 0.186. The van der Waals surface area contributed by atoms with Crippen LogP contribution in [0.1, 0.15) is 6.42 Å². The Morgan fingerprint density at radius 3 is 2.73 bits per heavy atom. The molecule has 0 spiro atoms. The van der Waals surface area contributed by atoms with Crippen LogP contribution in [-0.4, -0.2) is 24.3 Å². The number of methoxy groups -OCH3 is 1. The lowest BCUT2D eigenvalue weighted by Gasteiger charge is -2.13. The fourth-order valence-corrected chi connectivity index (χ4v) is 0.990. The molecule has 11 heavy (non-hydrogen) atoms. The molecule has 0 saturated heterocycles. The highest BCUT2D eigenvalue weighted by Crippen LogP contribution is 2.22. The minimum Gasteiger partial charge on any atom is -0.497 e. The summed E-state index contributed by atoms with van der Waals surface area (Å²) in [6.45, 7) is 0. The number of ether oxygens (including phenoxy) is 1. The zero-order chi connectivity index (χ0) is 8.27. The van der Waals surface area contributed by atoms with Crippen LogP contribution in [0.25, 0.3) is 0 Å². The molecule has 0 aromatic rings. The van der Waals surface area contributed by atoms with Gasteiger partial charge in [0.2, 0.25) is 0 Å². The fraction of sp³-hybridized carbons (Fsp3) is 0.429. The summed E-state index contributed by atoms with van der Waals surface area (Å²) in [5.74, 6) is 0.593. The van der Waals surface area contributed by atoms with Gasteiger partial charge in [-0.05, 0) is 18.6 Å². The van der Waals surface area contributed by atoms with Crippen LogP contribution in [0.4, 0.5) is 0 Å². The Kier molecular flexibility index (Phi) is 2.73. The smallest absolute Gasteiger partial charge is 0.459 e. The van der Waals surface area contributed by atoms with E-state index in [4.69, 9.17) is 14.8 Å². The van der Waals surface area contributed by atoms with Crippen molar-refractivity contribution < 1.29 is 14.8 Å². The zero-order valence-corrected chi connectivity index (χ0v) is 6.40. The third-order valence-corrected chi connectivity index (χ3v) is 1.72. The third kappa shape index (κ3) is 2.10. The molecule has 2 N–H and O–H groups in total. The van der Waals surface area contributed by atoms with Gasteiger partial charge in [0, 0.05) is 5.82 Å². The first-order valence-electron chi connectivity index (χ1n) is 3.52. The quantitative estimate of drug-likeness (QED) is 0.563. The van der Waals surface area contributed by atoms with Crippen molar-refractivity contribution in [1.82, 2.24) is 0 Å². The van der Waals surface area contributed by atoms with Gasteiger partial charge in [-0.3, -0.25) is 0 Å². The summed E-state index contributed by atoms with van der Waals surface area (Å²) in [4.78, 5) is 0. The molecule has 1 unspecified atom stereocenters. The van der Waals surface area contributed by atoms with E-state index in [2.05, 4.69) is 0 Å². The van der Waals surface area contributed by atoms with E-state index in [-0.39, 0.29) is 5.82 Å². The number of allylic oxidation sites excluding steroid dienone is 3. The van der Waals surface area contributed by atoms with Gasteiger partial charge in [-0.2, -0.15) is 0 Å². The first kappa shape index (κ1) is 8.36. The second-order valence-electron chi connectivity index (χ2n) is 2.48. The molecule has 0 bridgehead atoms. The molecule has 4 heteroatoms. The van der Waals surface area contributed by atoms with Gasteiger partial charge in [-0.1, -0.05) is 6.08 Å². The number of hydrogen-bond acceptors (Lipinski definition) is 3. The van der Waals surface area contributed by atoms with Gasteiger partial charge in [0.1, 0.15) is 5.76 Å². The van der Waals surface area contributed by atoms with Crippen LogP contribution in [0.5, 0.6) is 0 Å². The molecule has 0 amide bonds. The van der Waals surface area contributed by atoms with E-state index in [9.17, 15) is 0 Å². The van der Waals surface area contributed by atoms with Gasteiger partial charge in [-0.15, -0.1) is 0 Å². The first-order valence-corrected chi connectivity index (χ1v) is 3.52. The Labute approximate surface area is 66.1 Å². The van der Waals surface area contributed by atoms with Gasteiger partial charge < -0.3 is 14.8 Å². The van der Waals surface area contributed by atoms with E-state index in [0.29, 0.717) is 6.42 Å². The molecule has 0 heterocycles. The molecular formula is C7H11BO3. The van der Waals surface area contributed by atoms with Crippen molar-refractivity contribution in [3.05, 3.63) is 24.0 Å². The molecule has 1 aliphatic carbocycles. The first-order chi connectivity index (χ1) is 5.24. The van der Waals surface area contributed by atoms with E-state index >= 15 is 0 Å². The van der Waals surface area contributed by atoms with E-state index in [1.165, 1.54) is 0 Å². The molecule has 1 rings (SSSR count). The van der Waals surface area contributed by atoms with Gasteiger partial charge in [0.15, 0.2) is 0 Å². The molecular weight excluding hydrogens is 143 g/mol. The highest BCUT2D eigenvalue weighted by atomic mass is 16.5. The average molecular weight is 154 g/mol. The van der Waals surface area contributed by atoms with Crippen LogP contribution in [0, 0.1) is 0 Å². The predicted molar refractivity (Wildman–Crippen MR) is 42.8 cm³/mol. The SMILES string of the molecule is COC1=CCC(B(O)O)C=C1. The van der Waals surface area contributed by atoms with Crippen LogP contribution in [-0.2, 0) is 4.74 Å². The summed E-state index contributed by atoms with van der Waals surface area (Å²) in [6, 6.07) is 0. The largest absolute Gasteiger partial charge is 0.497 e. The molecule has 1 atom stereocenters. The van der Waals surface area contributed by atoms with E-state index in [1.54, 1.807) is 19.3 Å². The zero-order valence-electron chi connectivity index (χ0n) is 6.40. The predicted octanol–water partition coefficient (Wildman–Crippen LogP) is 0.320. The normalized spacial score (nSPS) is 22.8. The number of hydrogen-bond donors (Lipinski definition) is 2. The van der Waals surface area contributed by atoms with Gasteiger partial charge >= 0.3 is 7.12 Å². The summed E-state index contributed by atoms with van der Waals surface area (Å²) >= 11 is 0. The second kappa shape index (κ2) is 3.60. The molecule has 0 fully saturated rings. The van der Waals surface area contributed by atoms with Crippen LogP contribution in [0.15, 0.2) is 24.0 Å². The monoisotopic (exact) mass is 154 g/mol. The van der Waals surface area contributed by atoms with Crippen molar-refractivity contribution in [2.75, 3.05) is 7.11 Å². The maximum Gasteiger partial charge on any atom is 0.459 e. The summed E-state index contributed by atoms with van der Waals surface area (Å²) in [5, 5.41) is 17.5. The Hall–Kier alpha value is -0.735. The fourth-order valence-electron chi connectivity index (χ4n) is 0.990. The molecule has 0 aromatic carbocycles. The number of rotatable bonds is 2. The summed E-state index contributed by atoms with van der Waals surface area (Å²) < 4.78 is 4.93. The van der Waals surface area contributed by atoms with Crippen molar-refractivity contribution >= 4 is 7.12 Å². The summed E-state index contributed by atoms with van der Waals surface area (Å²) in [7, 11) is 0.326. The van der Waals surface area contributed by atoms with Gasteiger partial charge in [0.05, 0.1) is 7.11 Å². The maximum absolute atomic E-state index is 8.77. The second-order valence-corrected chi connectivity index (χ2v) is 2.48. The Morgan fingerprint density at radius 1 is 1.64 bits per heavy atom. The summed E-state index contributed by atoms with van der Waals surface area (Å²) in [6.07, 6.45) is 5.94. The lowest BCUT2D eigenvalue weighted by atomic mass is 9.69. The molecule has 3 nitrogen and oxygen atoms in total. The Morgan fingerprint density at radius 2 is 2.36 bits per heavy atom. The van der Waals surface area contributed by atoms with Crippen molar-refractivity contribution in [3.8, 4) is 0 Å². The Balaban J connectivity index is 2.50. The lowest BCUT2D eigenvalue weighted by Crippen LogP contribution is -2.19. The van der Waals surface area contributed by atoms with E-state index in [1.807, 2.05) is 6.08 Å². The van der Waals surface area contributed by atoms with Crippen LogP contribution in [0.2, 0.25) is 5.82 Å². The van der Waals surface area contributed by atoms with Crippen molar-refractivity contribution in [2.45, 2.75) is 12.2 Å². The average Bonchev–Trinajstić information content (AvgIpc) is 2.05. The van der Waals surface area contributed by atoms with Crippen LogP contribution in [0.3, 0.4) is 0 Å². The van der Waals surface area contributed by atoms with Crippen molar-refractivity contribution in [1.29, 1.82) is 0 Å². The van der Waals surface area contributed by atoms with Gasteiger partial charge in [0.25, 0.3) is 0 Å². The topological polar surface area (TPSA) is 49.7 Å². The molecule has 0 aliphatic heterocycles. The maximum atomic E-state index is 8.77. The van der Waals surface area contributed by atoms with Crippen molar-refractivity contribution in [2.24, 2.45) is 0 Å². The Bertz CT molecular complexity index is 186. The van der Waals surface area contributed by atoms with Crippen LogP contribution < -0.4 is 0 Å². The minimum atomic E-state index is -1.26. The molecule has 60 valence electrons. The summed E-state index contributed by atoms with van der Waals surface area (Å²) in [5.41, 5.74) is 0.